The fraction of sp³-hybridized carbons (Fsp3) is 0.780. The molecule has 68 heavy (non-hydrogen) atoms. The molecule has 0 spiro atoms. The van der Waals surface area contributed by atoms with Crippen LogP contribution in [0.4, 0.5) is 0 Å². The zero-order valence-electron chi connectivity index (χ0n) is 45.0. The summed E-state index contributed by atoms with van der Waals surface area (Å²) in [5, 5.41) is 0. The predicted octanol–water partition coefficient (Wildman–Crippen LogP) is 17.2. The Labute approximate surface area is 421 Å². The number of likely N-dealkylation sites (N-methyl/N-ethyl adjacent to an activating group) is 1. The highest BCUT2D eigenvalue weighted by Crippen LogP contribution is 2.38. The molecule has 396 valence electrons. The molecule has 0 amide bonds. The summed E-state index contributed by atoms with van der Waals surface area (Å²) in [6.07, 6.45) is 68.0. The highest BCUT2D eigenvalue weighted by molar-refractivity contribution is 7.45. The number of ether oxygens (including phenoxy) is 2. The van der Waals surface area contributed by atoms with Crippen molar-refractivity contribution in [3.63, 3.8) is 0 Å². The van der Waals surface area contributed by atoms with Crippen LogP contribution in [0.3, 0.4) is 0 Å². The van der Waals surface area contributed by atoms with Gasteiger partial charge in [0.05, 0.1) is 34.4 Å². The van der Waals surface area contributed by atoms with E-state index in [1.165, 1.54) is 135 Å². The molecule has 8 nitrogen and oxygen atoms in total. The first-order chi connectivity index (χ1) is 33.1. The molecule has 0 aromatic rings. The zero-order valence-corrected chi connectivity index (χ0v) is 45.9. The number of phosphoric ester groups is 1. The molecule has 0 N–H and O–H groups in total. The Morgan fingerprint density at radius 3 is 1.28 bits per heavy atom. The van der Waals surface area contributed by atoms with Gasteiger partial charge < -0.3 is 27.9 Å². The topological polar surface area (TPSA) is 94.1 Å². The highest BCUT2D eigenvalue weighted by Gasteiger charge is 2.20. The van der Waals surface area contributed by atoms with Crippen molar-refractivity contribution in [1.82, 2.24) is 0 Å². The van der Waals surface area contributed by atoms with Crippen LogP contribution in [-0.4, -0.2) is 70.7 Å². The van der Waals surface area contributed by atoms with Gasteiger partial charge in [-0.25, -0.2) is 0 Å². The van der Waals surface area contributed by atoms with Crippen molar-refractivity contribution >= 4 is 13.8 Å². The predicted molar refractivity (Wildman–Crippen MR) is 291 cm³/mol. The van der Waals surface area contributed by atoms with Crippen LogP contribution >= 0.6 is 7.82 Å². The van der Waals surface area contributed by atoms with Crippen LogP contribution in [0, 0.1) is 0 Å². The van der Waals surface area contributed by atoms with Crippen LogP contribution < -0.4 is 4.89 Å². The smallest absolute Gasteiger partial charge is 0.306 e. The van der Waals surface area contributed by atoms with E-state index in [9.17, 15) is 14.3 Å². The van der Waals surface area contributed by atoms with E-state index in [1.54, 1.807) is 0 Å². The first-order valence-electron chi connectivity index (χ1n) is 28.2. The van der Waals surface area contributed by atoms with Gasteiger partial charge in [-0.2, -0.15) is 0 Å². The van der Waals surface area contributed by atoms with E-state index < -0.39 is 13.9 Å². The molecule has 0 aromatic heterocycles. The van der Waals surface area contributed by atoms with E-state index >= 15 is 0 Å². The molecule has 2 atom stereocenters. The van der Waals surface area contributed by atoms with E-state index in [4.69, 9.17) is 18.5 Å². The summed E-state index contributed by atoms with van der Waals surface area (Å²) in [7, 11) is 1.34. The van der Waals surface area contributed by atoms with Gasteiger partial charge in [-0.1, -0.05) is 241 Å². The van der Waals surface area contributed by atoms with E-state index in [0.29, 0.717) is 17.6 Å². The van der Waals surface area contributed by atoms with Gasteiger partial charge in [-0.15, -0.1) is 0 Å². The summed E-state index contributed by atoms with van der Waals surface area (Å²) < 4.78 is 34.8. The van der Waals surface area contributed by atoms with Crippen LogP contribution in [0.2, 0.25) is 0 Å². The number of allylic oxidation sites excluding steroid dienone is 12. The lowest BCUT2D eigenvalue weighted by molar-refractivity contribution is -0.870. The number of quaternary nitrogens is 1. The number of unbranched alkanes of at least 4 members (excludes halogenated alkanes) is 26. The molecule has 0 aromatic carbocycles. The van der Waals surface area contributed by atoms with E-state index in [0.717, 1.165) is 83.5 Å². The zero-order chi connectivity index (χ0) is 49.8. The third-order valence-corrected chi connectivity index (χ3v) is 13.0. The van der Waals surface area contributed by atoms with Gasteiger partial charge in [0.15, 0.2) is 0 Å². The van der Waals surface area contributed by atoms with Gasteiger partial charge >= 0.3 is 5.97 Å². The lowest BCUT2D eigenvalue weighted by Crippen LogP contribution is -2.37. The maximum atomic E-state index is 12.8. The maximum absolute atomic E-state index is 12.8. The maximum Gasteiger partial charge on any atom is 0.306 e. The molecular formula is C59H108NO7P. The molecule has 0 fully saturated rings. The van der Waals surface area contributed by atoms with Crippen molar-refractivity contribution in [2.75, 3.05) is 54.1 Å². The normalized spacial score (nSPS) is 14.0. The minimum absolute atomic E-state index is 0.0187. The van der Waals surface area contributed by atoms with Crippen molar-refractivity contribution in [2.24, 2.45) is 0 Å². The number of carbonyl (C=O) groups is 1. The van der Waals surface area contributed by atoms with Crippen molar-refractivity contribution in [1.29, 1.82) is 0 Å². The Morgan fingerprint density at radius 1 is 0.471 bits per heavy atom. The van der Waals surface area contributed by atoms with E-state index in [2.05, 4.69) is 86.8 Å². The summed E-state index contributed by atoms with van der Waals surface area (Å²) in [6.45, 7) is 5.29. The molecule has 0 saturated carbocycles. The average Bonchev–Trinajstić information content (AvgIpc) is 3.30. The lowest BCUT2D eigenvalue weighted by atomic mass is 10.0. The first kappa shape index (κ1) is 65.9. The Bertz CT molecular complexity index is 1320. The molecule has 0 aliphatic rings. The Morgan fingerprint density at radius 2 is 0.853 bits per heavy atom. The molecule has 0 saturated heterocycles. The average molecular weight is 974 g/mol. The summed E-state index contributed by atoms with van der Waals surface area (Å²) in [5.41, 5.74) is 0. The minimum Gasteiger partial charge on any atom is -0.756 e. The SMILES string of the molecule is CC/C=C\C/C=C\C/C=C\C/C=C\C/C=C\C/C=C\CCCCCCC(=O)OC(COCCCCCCCCCCCCCCCCCCCCCCCCC)COP(=O)([O-])OCC[N+](C)(C)C. The lowest BCUT2D eigenvalue weighted by Gasteiger charge is -2.28. The molecule has 2 unspecified atom stereocenters. The monoisotopic (exact) mass is 974 g/mol. The number of hydrogen-bond acceptors (Lipinski definition) is 7. The van der Waals surface area contributed by atoms with Gasteiger partial charge in [0.25, 0.3) is 7.82 Å². The summed E-state index contributed by atoms with van der Waals surface area (Å²) in [6, 6.07) is 0. The third kappa shape index (κ3) is 54.9. The Kier molecular flexibility index (Phi) is 49.7. The van der Waals surface area contributed by atoms with Gasteiger partial charge in [-0.3, -0.25) is 9.36 Å². The number of rotatable bonds is 52. The number of hydrogen-bond donors (Lipinski definition) is 0. The molecule has 0 bridgehead atoms. The quantitative estimate of drug-likeness (QED) is 0.0197. The molecule has 9 heteroatoms. The van der Waals surface area contributed by atoms with Crippen molar-refractivity contribution in [2.45, 2.75) is 245 Å². The summed E-state index contributed by atoms with van der Waals surface area (Å²) in [4.78, 5) is 25.2. The molecule has 0 aliphatic heterocycles. The molecule has 0 aliphatic carbocycles. The number of phosphoric acid groups is 1. The van der Waals surface area contributed by atoms with E-state index in [1.807, 2.05) is 21.1 Å². The van der Waals surface area contributed by atoms with Crippen molar-refractivity contribution < 1.29 is 37.3 Å². The second-order valence-corrected chi connectivity index (χ2v) is 21.3. The second kappa shape index (κ2) is 51.3. The largest absolute Gasteiger partial charge is 0.756 e. The highest BCUT2D eigenvalue weighted by atomic mass is 31.2. The van der Waals surface area contributed by atoms with Crippen LogP contribution in [0.5, 0.6) is 0 Å². The van der Waals surface area contributed by atoms with Crippen molar-refractivity contribution in [3.8, 4) is 0 Å². The van der Waals surface area contributed by atoms with Crippen LogP contribution in [0.1, 0.15) is 239 Å². The standard InChI is InChI=1S/C59H108NO7P/c1-6-8-10-12-14-16-18-20-22-24-26-28-30-32-34-36-38-40-42-44-46-48-50-52-59(61)67-58(57-66-68(62,63)65-55-53-60(3,4)5)56-64-54-51-49-47-45-43-41-39-37-35-33-31-29-27-25-23-21-19-17-15-13-11-9-7-2/h8,10,14,16,20,22,26,28,32,34,38,40,58H,6-7,9,11-13,15,17-19,21,23-25,27,29-31,33,35-37,39,41-57H2,1-5H3/b10-8-,16-14-,22-20-,28-26-,34-32-,40-38-. The fourth-order valence-corrected chi connectivity index (χ4v) is 8.46. The molecular weight excluding hydrogens is 866 g/mol. The van der Waals surface area contributed by atoms with Gasteiger partial charge in [0.1, 0.15) is 19.3 Å². The van der Waals surface area contributed by atoms with E-state index in [-0.39, 0.29) is 32.2 Å². The minimum atomic E-state index is -4.54. The molecule has 0 heterocycles. The molecule has 0 rings (SSSR count). The van der Waals surface area contributed by atoms with Crippen LogP contribution in [0.25, 0.3) is 0 Å². The van der Waals surface area contributed by atoms with Crippen molar-refractivity contribution in [3.05, 3.63) is 72.9 Å². The van der Waals surface area contributed by atoms with Gasteiger partial charge in [-0.05, 0) is 64.2 Å². The molecule has 0 radical (unpaired) electrons. The third-order valence-electron chi connectivity index (χ3n) is 12.0. The Balaban J connectivity index is 4.14. The summed E-state index contributed by atoms with van der Waals surface area (Å²) >= 11 is 0. The number of nitrogens with zero attached hydrogens (tertiary/aromatic N) is 1. The fourth-order valence-electron chi connectivity index (χ4n) is 7.73. The van der Waals surface area contributed by atoms with Crippen LogP contribution in [0.15, 0.2) is 72.9 Å². The Hall–Kier alpha value is -2.06. The second-order valence-electron chi connectivity index (χ2n) is 19.9. The summed E-state index contributed by atoms with van der Waals surface area (Å²) in [5.74, 6) is -0.356. The first-order valence-corrected chi connectivity index (χ1v) is 29.6. The number of esters is 1. The number of carbonyl (C=O) groups excluding carboxylic acids is 1. The van der Waals surface area contributed by atoms with Crippen LogP contribution in [-0.2, 0) is 27.9 Å². The van der Waals surface area contributed by atoms with Gasteiger partial charge in [0.2, 0.25) is 0 Å². The van der Waals surface area contributed by atoms with Gasteiger partial charge in [0, 0.05) is 13.0 Å².